The molecule has 11 heavy (non-hydrogen) atoms. The van der Waals surface area contributed by atoms with Crippen molar-refractivity contribution in [1.29, 1.82) is 0 Å². The summed E-state index contributed by atoms with van der Waals surface area (Å²) in [6.45, 7) is 0. The van der Waals surface area contributed by atoms with E-state index >= 15 is 0 Å². The minimum Gasteiger partial charge on any atom is -0.331 e. The first-order chi connectivity index (χ1) is 5.33. The minimum absolute atomic E-state index is 0.0701. The topological polar surface area (TPSA) is 57.8 Å². The number of amides is 1. The van der Waals surface area contributed by atoms with Gasteiger partial charge in [0.1, 0.15) is 0 Å². The Bertz CT molecular complexity index is 270. The summed E-state index contributed by atoms with van der Waals surface area (Å²) in [5.74, 6) is 2.41. The van der Waals surface area contributed by atoms with Crippen LogP contribution in [0.25, 0.3) is 0 Å². The molecule has 0 atom stereocenters. The van der Waals surface area contributed by atoms with Crippen molar-refractivity contribution in [3.63, 3.8) is 0 Å². The largest absolute Gasteiger partial charge is 0.331 e. The van der Waals surface area contributed by atoms with Gasteiger partial charge in [-0.25, -0.2) is 4.98 Å². The number of rotatable bonds is 2. The van der Waals surface area contributed by atoms with E-state index in [1.54, 1.807) is 12.4 Å². The number of aromatic amines is 1. The van der Waals surface area contributed by atoms with E-state index in [0.717, 1.165) is 0 Å². The number of H-pyrrole nitrogens is 1. The molecule has 2 N–H and O–H groups in total. The van der Waals surface area contributed by atoms with E-state index < -0.39 is 0 Å². The second-order valence-corrected chi connectivity index (χ2v) is 1.87. The fourth-order valence-electron chi connectivity index (χ4n) is 0.603. The number of nitrogens with zero attached hydrogens (tertiary/aromatic N) is 1. The van der Waals surface area contributed by atoms with Crippen LogP contribution in [-0.4, -0.2) is 15.9 Å². The van der Waals surface area contributed by atoms with Crippen molar-refractivity contribution in [2.45, 2.75) is 6.42 Å². The zero-order chi connectivity index (χ0) is 8.10. The fraction of sp³-hybridized carbons (Fsp3) is 0.143. The molecule has 0 saturated carbocycles. The SMILES string of the molecule is C#CCC(=O)Nc1ncc[nH]1. The Morgan fingerprint density at radius 2 is 2.73 bits per heavy atom. The average Bonchev–Trinajstić information content (AvgIpc) is 2.40. The van der Waals surface area contributed by atoms with Crippen molar-refractivity contribution in [2.24, 2.45) is 0 Å². The van der Waals surface area contributed by atoms with Crippen LogP contribution in [0.1, 0.15) is 6.42 Å². The molecule has 1 amide bonds. The summed E-state index contributed by atoms with van der Waals surface area (Å²) in [7, 11) is 0. The summed E-state index contributed by atoms with van der Waals surface area (Å²) < 4.78 is 0. The molecule has 0 bridgehead atoms. The van der Waals surface area contributed by atoms with Gasteiger partial charge in [0.25, 0.3) is 0 Å². The predicted molar refractivity (Wildman–Crippen MR) is 40.7 cm³/mol. The van der Waals surface area contributed by atoms with Gasteiger partial charge in [0, 0.05) is 12.4 Å². The molecule has 0 spiro atoms. The van der Waals surface area contributed by atoms with Gasteiger partial charge in [0.2, 0.25) is 11.9 Å². The van der Waals surface area contributed by atoms with Gasteiger partial charge in [-0.3, -0.25) is 10.1 Å². The molecule has 0 saturated heterocycles. The van der Waals surface area contributed by atoms with E-state index in [1.165, 1.54) is 0 Å². The fourth-order valence-corrected chi connectivity index (χ4v) is 0.603. The Labute approximate surface area is 64.0 Å². The smallest absolute Gasteiger partial charge is 0.238 e. The zero-order valence-corrected chi connectivity index (χ0v) is 5.79. The third-order valence-corrected chi connectivity index (χ3v) is 1.02. The molecule has 0 fully saturated rings. The van der Waals surface area contributed by atoms with E-state index in [2.05, 4.69) is 21.2 Å². The van der Waals surface area contributed by atoms with Gasteiger partial charge in [0.05, 0.1) is 6.42 Å². The number of aromatic nitrogens is 2. The minimum atomic E-state index is -0.234. The van der Waals surface area contributed by atoms with Crippen LogP contribution in [-0.2, 0) is 4.79 Å². The number of carbonyl (C=O) groups is 1. The lowest BCUT2D eigenvalue weighted by Crippen LogP contribution is -2.10. The monoisotopic (exact) mass is 149 g/mol. The molecule has 0 aliphatic carbocycles. The van der Waals surface area contributed by atoms with Crippen LogP contribution in [0.4, 0.5) is 5.95 Å². The van der Waals surface area contributed by atoms with Gasteiger partial charge >= 0.3 is 0 Å². The third-order valence-electron chi connectivity index (χ3n) is 1.02. The predicted octanol–water partition coefficient (Wildman–Crippen LogP) is 0.371. The first-order valence-corrected chi connectivity index (χ1v) is 3.05. The van der Waals surface area contributed by atoms with Gasteiger partial charge in [0.15, 0.2) is 0 Å². The van der Waals surface area contributed by atoms with Crippen LogP contribution in [0, 0.1) is 12.3 Å². The number of carbonyl (C=O) groups excluding carboxylic acids is 1. The Hall–Kier alpha value is -1.76. The molecule has 1 aromatic heterocycles. The number of imidazole rings is 1. The highest BCUT2D eigenvalue weighted by Gasteiger charge is 1.99. The van der Waals surface area contributed by atoms with Gasteiger partial charge in [-0.1, -0.05) is 5.92 Å². The zero-order valence-electron chi connectivity index (χ0n) is 5.79. The second kappa shape index (κ2) is 3.42. The van der Waals surface area contributed by atoms with E-state index in [9.17, 15) is 4.79 Å². The first kappa shape index (κ1) is 7.35. The number of anilines is 1. The quantitative estimate of drug-likeness (QED) is 0.597. The van der Waals surface area contributed by atoms with Crippen LogP contribution in [0.2, 0.25) is 0 Å². The van der Waals surface area contributed by atoms with Crippen molar-refractivity contribution >= 4 is 11.9 Å². The Kier molecular flexibility index (Phi) is 2.28. The van der Waals surface area contributed by atoms with E-state index in [1.807, 2.05) is 0 Å². The van der Waals surface area contributed by atoms with Crippen molar-refractivity contribution in [3.05, 3.63) is 12.4 Å². The molecule has 0 unspecified atom stereocenters. The standard InChI is InChI=1S/C7H7N3O/c1-2-3-6(11)10-7-8-4-5-9-7/h1,4-5H,3H2,(H2,8,9,10,11). The molecule has 1 heterocycles. The summed E-state index contributed by atoms with van der Waals surface area (Å²) in [6.07, 6.45) is 8.15. The molecule has 1 rings (SSSR count). The molecule has 0 radical (unpaired) electrons. The lowest BCUT2D eigenvalue weighted by molar-refractivity contribution is -0.115. The van der Waals surface area contributed by atoms with Gasteiger partial charge in [-0.2, -0.15) is 0 Å². The highest BCUT2D eigenvalue weighted by molar-refractivity contribution is 5.90. The van der Waals surface area contributed by atoms with E-state index in [4.69, 9.17) is 6.42 Å². The molecule has 0 aromatic carbocycles. The second-order valence-electron chi connectivity index (χ2n) is 1.87. The van der Waals surface area contributed by atoms with Gasteiger partial charge in [-0.15, -0.1) is 6.42 Å². The lowest BCUT2D eigenvalue weighted by Gasteiger charge is -1.95. The molecule has 0 aliphatic heterocycles. The van der Waals surface area contributed by atoms with Crippen LogP contribution < -0.4 is 5.32 Å². The van der Waals surface area contributed by atoms with Gasteiger partial charge < -0.3 is 4.98 Å². The van der Waals surface area contributed by atoms with Crippen molar-refractivity contribution in [3.8, 4) is 12.3 Å². The molecular weight excluding hydrogens is 142 g/mol. The van der Waals surface area contributed by atoms with E-state index in [0.29, 0.717) is 5.95 Å². The van der Waals surface area contributed by atoms with Crippen LogP contribution in [0.3, 0.4) is 0 Å². The van der Waals surface area contributed by atoms with Crippen molar-refractivity contribution in [2.75, 3.05) is 5.32 Å². The molecule has 1 aromatic rings. The lowest BCUT2D eigenvalue weighted by atomic mass is 10.4. The van der Waals surface area contributed by atoms with Crippen molar-refractivity contribution < 1.29 is 4.79 Å². The van der Waals surface area contributed by atoms with Crippen LogP contribution in [0.15, 0.2) is 12.4 Å². The van der Waals surface area contributed by atoms with Crippen LogP contribution in [0.5, 0.6) is 0 Å². The maximum Gasteiger partial charge on any atom is 0.238 e. The first-order valence-electron chi connectivity index (χ1n) is 3.05. The van der Waals surface area contributed by atoms with Gasteiger partial charge in [-0.05, 0) is 0 Å². The van der Waals surface area contributed by atoms with Crippen molar-refractivity contribution in [1.82, 2.24) is 9.97 Å². The summed E-state index contributed by atoms with van der Waals surface area (Å²) in [5, 5.41) is 2.47. The molecule has 4 heteroatoms. The Balaban J connectivity index is 2.45. The molecule has 4 nitrogen and oxygen atoms in total. The number of hydrogen-bond acceptors (Lipinski definition) is 2. The third kappa shape index (κ3) is 2.14. The summed E-state index contributed by atoms with van der Waals surface area (Å²) in [6, 6.07) is 0. The maximum atomic E-state index is 10.8. The Morgan fingerprint density at radius 3 is 3.27 bits per heavy atom. The molecular formula is C7H7N3O. The summed E-state index contributed by atoms with van der Waals surface area (Å²) in [5.41, 5.74) is 0. The number of nitrogens with one attached hydrogen (secondary N) is 2. The molecule has 0 aliphatic rings. The summed E-state index contributed by atoms with van der Waals surface area (Å²) >= 11 is 0. The number of terminal acetylenes is 1. The van der Waals surface area contributed by atoms with E-state index in [-0.39, 0.29) is 12.3 Å². The Morgan fingerprint density at radius 1 is 1.91 bits per heavy atom. The van der Waals surface area contributed by atoms with Crippen LogP contribution >= 0.6 is 0 Å². The normalized spacial score (nSPS) is 8.64. The number of hydrogen-bond donors (Lipinski definition) is 2. The summed E-state index contributed by atoms with van der Waals surface area (Å²) in [4.78, 5) is 17.3. The highest BCUT2D eigenvalue weighted by atomic mass is 16.1. The highest BCUT2D eigenvalue weighted by Crippen LogP contribution is 1.94. The maximum absolute atomic E-state index is 10.8. The average molecular weight is 149 g/mol. The molecule has 56 valence electrons.